The Hall–Kier alpha value is -3.10. The Morgan fingerprint density at radius 3 is 2.41 bits per heavy atom. The first-order chi connectivity index (χ1) is 13.9. The molecule has 0 fully saturated rings. The van der Waals surface area contributed by atoms with Crippen LogP contribution >= 0.6 is 23.2 Å². The van der Waals surface area contributed by atoms with Gasteiger partial charge in [0.05, 0.1) is 26.8 Å². The van der Waals surface area contributed by atoms with Gasteiger partial charge in [-0.3, -0.25) is 14.9 Å². The number of aromatic nitrogens is 3. The largest absolute Gasteiger partial charge is 0.481 e. The van der Waals surface area contributed by atoms with E-state index in [4.69, 9.17) is 32.7 Å². The summed E-state index contributed by atoms with van der Waals surface area (Å²) in [5, 5.41) is 3.40. The quantitative estimate of drug-likeness (QED) is 0.639. The van der Waals surface area contributed by atoms with Crippen molar-refractivity contribution in [1.29, 1.82) is 0 Å². The molecule has 0 bridgehead atoms. The molecule has 1 N–H and O–H groups in total. The number of pyridine rings is 1. The summed E-state index contributed by atoms with van der Waals surface area (Å²) in [5.41, 5.74) is 0.116. The zero-order valence-corrected chi connectivity index (χ0v) is 17.0. The van der Waals surface area contributed by atoms with Crippen molar-refractivity contribution in [3.05, 3.63) is 74.1 Å². The third-order valence-corrected chi connectivity index (χ3v) is 4.53. The molecule has 1 aromatic carbocycles. The minimum Gasteiger partial charge on any atom is -0.481 e. The Balaban J connectivity index is 1.87. The molecule has 0 spiro atoms. The van der Waals surface area contributed by atoms with Crippen LogP contribution in [0.25, 0.3) is 0 Å². The summed E-state index contributed by atoms with van der Waals surface area (Å²) < 4.78 is 11.5. The number of hydrogen-bond donors (Lipinski definition) is 1. The van der Waals surface area contributed by atoms with Crippen molar-refractivity contribution < 1.29 is 14.3 Å². The molecule has 0 radical (unpaired) electrons. The van der Waals surface area contributed by atoms with Crippen LogP contribution < -0.4 is 20.3 Å². The number of methoxy groups -OCH3 is 2. The summed E-state index contributed by atoms with van der Waals surface area (Å²) in [6.45, 7) is 0.180. The van der Waals surface area contributed by atoms with Crippen LogP contribution in [0, 0.1) is 0 Å². The lowest BCUT2D eigenvalue weighted by Crippen LogP contribution is -2.29. The predicted molar refractivity (Wildman–Crippen MR) is 109 cm³/mol. The summed E-state index contributed by atoms with van der Waals surface area (Å²) in [6.07, 6.45) is 1.56. The van der Waals surface area contributed by atoms with Crippen molar-refractivity contribution in [2.24, 2.45) is 0 Å². The van der Waals surface area contributed by atoms with Gasteiger partial charge in [-0.25, -0.2) is 0 Å². The molecule has 3 rings (SSSR count). The first kappa shape index (κ1) is 20.6. The maximum absolute atomic E-state index is 12.8. The summed E-state index contributed by atoms with van der Waals surface area (Å²) in [5.74, 6) is -0.311. The number of anilines is 1. The van der Waals surface area contributed by atoms with E-state index in [1.54, 1.807) is 30.5 Å². The number of nitrogens with one attached hydrogen (secondary N) is 1. The van der Waals surface area contributed by atoms with Crippen molar-refractivity contribution in [2.75, 3.05) is 19.5 Å². The molecule has 0 aliphatic heterocycles. The summed E-state index contributed by atoms with van der Waals surface area (Å²) in [4.78, 5) is 33.4. The third kappa shape index (κ3) is 4.85. The fraction of sp³-hybridized carbons (Fsp3) is 0.158. The highest BCUT2D eigenvalue weighted by molar-refractivity contribution is 6.35. The van der Waals surface area contributed by atoms with Crippen LogP contribution in [0.3, 0.4) is 0 Å². The molecule has 150 valence electrons. The van der Waals surface area contributed by atoms with Crippen molar-refractivity contribution >= 4 is 35.1 Å². The fourth-order valence-corrected chi connectivity index (χ4v) is 2.97. The molecular weight excluding hydrogens is 419 g/mol. The van der Waals surface area contributed by atoms with Crippen molar-refractivity contribution in [3.63, 3.8) is 0 Å². The van der Waals surface area contributed by atoms with Crippen LogP contribution in [0.5, 0.6) is 11.8 Å². The number of carbonyl (C=O) groups is 1. The van der Waals surface area contributed by atoms with E-state index in [1.165, 1.54) is 30.9 Å². The molecule has 0 atom stereocenters. The number of hydrogen-bond acceptors (Lipinski definition) is 6. The lowest BCUT2D eigenvalue weighted by Gasteiger charge is -2.10. The number of ether oxygens (including phenoxy) is 2. The van der Waals surface area contributed by atoms with Crippen molar-refractivity contribution in [2.45, 2.75) is 6.54 Å². The van der Waals surface area contributed by atoms with Gasteiger partial charge < -0.3 is 14.0 Å². The predicted octanol–water partition coefficient (Wildman–Crippen LogP) is 3.26. The van der Waals surface area contributed by atoms with E-state index < -0.39 is 11.5 Å². The molecule has 29 heavy (non-hydrogen) atoms. The molecule has 2 heterocycles. The van der Waals surface area contributed by atoms with E-state index in [-0.39, 0.29) is 29.8 Å². The van der Waals surface area contributed by atoms with Crippen molar-refractivity contribution in [1.82, 2.24) is 14.5 Å². The van der Waals surface area contributed by atoms with Gasteiger partial charge >= 0.3 is 0 Å². The fourth-order valence-electron chi connectivity index (χ4n) is 2.51. The highest BCUT2D eigenvalue weighted by atomic mass is 35.5. The average Bonchev–Trinajstić information content (AvgIpc) is 2.70. The highest BCUT2D eigenvalue weighted by Gasteiger charge is 2.16. The smallest absolute Gasteiger partial charge is 0.263 e. The van der Waals surface area contributed by atoms with Gasteiger partial charge in [-0.15, -0.1) is 0 Å². The maximum Gasteiger partial charge on any atom is 0.263 e. The van der Waals surface area contributed by atoms with Gasteiger partial charge in [0.1, 0.15) is 5.56 Å². The molecule has 2 aromatic heterocycles. The minimum absolute atomic E-state index is 0.0539. The summed E-state index contributed by atoms with van der Waals surface area (Å²) >= 11 is 12.1. The molecule has 0 aliphatic carbocycles. The van der Waals surface area contributed by atoms with Crippen LogP contribution in [0.15, 0.2) is 47.4 Å². The van der Waals surface area contributed by atoms with Crippen LogP contribution in [-0.4, -0.2) is 34.7 Å². The Labute approximate surface area is 176 Å². The Bertz CT molecular complexity index is 1100. The van der Waals surface area contributed by atoms with Gasteiger partial charge in [0.15, 0.2) is 0 Å². The van der Waals surface area contributed by atoms with E-state index in [0.717, 1.165) is 0 Å². The highest BCUT2D eigenvalue weighted by Crippen LogP contribution is 2.21. The second kappa shape index (κ2) is 8.93. The molecule has 3 aromatic rings. The van der Waals surface area contributed by atoms with Gasteiger partial charge in [0.25, 0.3) is 11.5 Å². The number of carbonyl (C=O) groups excluding carboxylic acids is 1. The normalized spacial score (nSPS) is 10.5. The molecule has 0 unspecified atom stereocenters. The lowest BCUT2D eigenvalue weighted by molar-refractivity contribution is 0.102. The molecule has 8 nitrogen and oxygen atoms in total. The van der Waals surface area contributed by atoms with Crippen LogP contribution in [0.2, 0.25) is 10.0 Å². The number of rotatable bonds is 6. The first-order valence-corrected chi connectivity index (χ1v) is 9.08. The topological polar surface area (TPSA) is 95.3 Å². The number of nitrogens with zero attached hydrogens (tertiary/aromatic N) is 3. The van der Waals surface area contributed by atoms with Crippen LogP contribution in [0.4, 0.5) is 5.95 Å². The summed E-state index contributed by atoms with van der Waals surface area (Å²) in [6, 6.07) is 9.45. The second-order valence-corrected chi connectivity index (χ2v) is 6.66. The van der Waals surface area contributed by atoms with E-state index in [9.17, 15) is 9.59 Å². The van der Waals surface area contributed by atoms with Crippen LogP contribution in [-0.2, 0) is 6.54 Å². The molecule has 0 saturated heterocycles. The van der Waals surface area contributed by atoms with E-state index in [2.05, 4.69) is 15.3 Å². The van der Waals surface area contributed by atoms with Gasteiger partial charge in [-0.1, -0.05) is 29.3 Å². The number of amides is 1. The number of benzene rings is 1. The third-order valence-electron chi connectivity index (χ3n) is 3.94. The molecule has 0 aliphatic rings. The summed E-state index contributed by atoms with van der Waals surface area (Å²) in [7, 11) is 2.84. The minimum atomic E-state index is -0.665. The SMILES string of the molecule is COc1cc(OC)nc(NC(=O)c2cccn(Cc3ccc(Cl)cc3Cl)c2=O)n1. The van der Waals surface area contributed by atoms with Gasteiger partial charge in [-0.05, 0) is 29.8 Å². The van der Waals surface area contributed by atoms with E-state index >= 15 is 0 Å². The van der Waals surface area contributed by atoms with Gasteiger partial charge in [-0.2, -0.15) is 9.97 Å². The first-order valence-electron chi connectivity index (χ1n) is 8.33. The van der Waals surface area contributed by atoms with Crippen LogP contribution in [0.1, 0.15) is 15.9 Å². The monoisotopic (exact) mass is 434 g/mol. The Morgan fingerprint density at radius 1 is 1.10 bits per heavy atom. The Kier molecular flexibility index (Phi) is 6.36. The average molecular weight is 435 g/mol. The molecule has 1 amide bonds. The Morgan fingerprint density at radius 2 is 1.79 bits per heavy atom. The van der Waals surface area contributed by atoms with E-state index in [1.807, 2.05) is 0 Å². The second-order valence-electron chi connectivity index (χ2n) is 5.82. The molecule has 0 saturated carbocycles. The zero-order valence-electron chi connectivity index (χ0n) is 15.5. The molecular formula is C19H16Cl2N4O4. The standard InChI is InChI=1S/C19H16Cl2N4O4/c1-28-15-9-16(29-2)23-19(22-15)24-17(26)13-4-3-7-25(18(13)27)10-11-5-6-12(20)8-14(11)21/h3-9H,10H2,1-2H3,(H,22,23,24,26). The molecule has 10 heteroatoms. The number of halogens is 2. The van der Waals surface area contributed by atoms with Crippen molar-refractivity contribution in [3.8, 4) is 11.8 Å². The maximum atomic E-state index is 12.8. The van der Waals surface area contributed by atoms with Gasteiger partial charge in [0, 0.05) is 16.2 Å². The zero-order chi connectivity index (χ0) is 21.0. The van der Waals surface area contributed by atoms with Gasteiger partial charge in [0.2, 0.25) is 17.7 Å². The lowest BCUT2D eigenvalue weighted by atomic mass is 10.2. The van der Waals surface area contributed by atoms with E-state index in [0.29, 0.717) is 15.6 Å².